The number of rotatable bonds is 3. The van der Waals surface area contributed by atoms with Crippen molar-refractivity contribution in [1.29, 1.82) is 0 Å². The van der Waals surface area contributed by atoms with E-state index in [2.05, 4.69) is 10.4 Å². The van der Waals surface area contributed by atoms with E-state index in [9.17, 15) is 9.90 Å². The molecule has 3 rings (SSSR count). The van der Waals surface area contributed by atoms with E-state index < -0.39 is 11.5 Å². The number of nitrogens with zero attached hydrogens (tertiary/aromatic N) is 3. The molecule has 2 N–H and O–H groups in total. The van der Waals surface area contributed by atoms with Gasteiger partial charge in [0.1, 0.15) is 0 Å². The van der Waals surface area contributed by atoms with Crippen LogP contribution in [0.1, 0.15) is 12.5 Å². The van der Waals surface area contributed by atoms with Crippen LogP contribution in [0, 0.1) is 0 Å². The standard InChI is InChI=1S/C16H18N4O2/c1-16(12-4-3-7-17-10-12)14(15(21)22)11-20(18-16)13-5-8-19(2)9-6-13/h3-8,10-11,18H,9H2,1-2H3,(H,21,22). The van der Waals surface area contributed by atoms with Crippen molar-refractivity contribution < 1.29 is 9.90 Å². The third kappa shape index (κ3) is 2.37. The summed E-state index contributed by atoms with van der Waals surface area (Å²) in [6.45, 7) is 2.63. The molecule has 6 heteroatoms. The number of carboxylic acids is 1. The maximum Gasteiger partial charge on any atom is 0.335 e. The zero-order valence-corrected chi connectivity index (χ0v) is 12.5. The van der Waals surface area contributed by atoms with E-state index in [-0.39, 0.29) is 5.57 Å². The van der Waals surface area contributed by atoms with E-state index in [1.807, 2.05) is 43.3 Å². The molecule has 0 fully saturated rings. The van der Waals surface area contributed by atoms with Crippen molar-refractivity contribution in [3.63, 3.8) is 0 Å². The van der Waals surface area contributed by atoms with Crippen LogP contribution < -0.4 is 5.43 Å². The third-order valence-corrected chi connectivity index (χ3v) is 3.98. The second-order valence-electron chi connectivity index (χ2n) is 5.58. The monoisotopic (exact) mass is 298 g/mol. The normalized spacial score (nSPS) is 24.3. The van der Waals surface area contributed by atoms with Gasteiger partial charge >= 0.3 is 5.97 Å². The van der Waals surface area contributed by atoms with Crippen LogP contribution in [0.25, 0.3) is 0 Å². The molecular formula is C16H18N4O2. The Hall–Kier alpha value is -2.60. The topological polar surface area (TPSA) is 68.7 Å². The van der Waals surface area contributed by atoms with Crippen molar-refractivity contribution in [2.75, 3.05) is 13.6 Å². The lowest BCUT2D eigenvalue weighted by atomic mass is 9.87. The Morgan fingerprint density at radius 3 is 2.91 bits per heavy atom. The van der Waals surface area contributed by atoms with Gasteiger partial charge in [0.15, 0.2) is 0 Å². The van der Waals surface area contributed by atoms with Gasteiger partial charge in [0, 0.05) is 38.4 Å². The predicted octanol–water partition coefficient (Wildman–Crippen LogP) is 1.43. The van der Waals surface area contributed by atoms with Gasteiger partial charge in [-0.1, -0.05) is 6.07 Å². The van der Waals surface area contributed by atoms with Gasteiger partial charge in [-0.25, -0.2) is 10.2 Å². The molecule has 2 aliphatic heterocycles. The number of hydrazine groups is 1. The highest BCUT2D eigenvalue weighted by molar-refractivity contribution is 5.90. The lowest BCUT2D eigenvalue weighted by Gasteiger charge is -2.31. The lowest BCUT2D eigenvalue weighted by molar-refractivity contribution is -0.133. The first kappa shape index (κ1) is 14.3. The van der Waals surface area contributed by atoms with Gasteiger partial charge < -0.3 is 10.0 Å². The van der Waals surface area contributed by atoms with E-state index in [1.54, 1.807) is 29.7 Å². The van der Waals surface area contributed by atoms with Gasteiger partial charge in [-0.15, -0.1) is 0 Å². The van der Waals surface area contributed by atoms with Gasteiger partial charge in [-0.05, 0) is 30.7 Å². The first-order valence-corrected chi connectivity index (χ1v) is 7.02. The molecule has 0 amide bonds. The smallest absolute Gasteiger partial charge is 0.335 e. The SMILES string of the molecule is CN1C=CC(N2C=C(C(=O)O)C(C)(c3cccnc3)N2)=CC1. The van der Waals surface area contributed by atoms with E-state index >= 15 is 0 Å². The molecule has 6 nitrogen and oxygen atoms in total. The van der Waals surface area contributed by atoms with Crippen molar-refractivity contribution in [1.82, 2.24) is 20.3 Å². The summed E-state index contributed by atoms with van der Waals surface area (Å²) >= 11 is 0. The number of hydrogen-bond donors (Lipinski definition) is 2. The second-order valence-corrected chi connectivity index (χ2v) is 5.58. The van der Waals surface area contributed by atoms with Crippen LogP contribution in [-0.2, 0) is 10.3 Å². The maximum absolute atomic E-state index is 11.7. The van der Waals surface area contributed by atoms with E-state index in [0.717, 1.165) is 17.8 Å². The van der Waals surface area contributed by atoms with E-state index in [4.69, 9.17) is 0 Å². The molecular weight excluding hydrogens is 280 g/mol. The Morgan fingerprint density at radius 2 is 2.32 bits per heavy atom. The van der Waals surface area contributed by atoms with Crippen molar-refractivity contribution in [2.45, 2.75) is 12.5 Å². The van der Waals surface area contributed by atoms with Gasteiger partial charge in [-0.2, -0.15) is 0 Å². The molecule has 0 bridgehead atoms. The van der Waals surface area contributed by atoms with E-state index in [0.29, 0.717) is 0 Å². The van der Waals surface area contributed by atoms with Crippen LogP contribution >= 0.6 is 0 Å². The average molecular weight is 298 g/mol. The zero-order chi connectivity index (χ0) is 15.7. The summed E-state index contributed by atoms with van der Waals surface area (Å²) in [5.41, 5.74) is 4.48. The van der Waals surface area contributed by atoms with Crippen molar-refractivity contribution >= 4 is 5.97 Å². The molecule has 3 heterocycles. The van der Waals surface area contributed by atoms with Gasteiger partial charge in [-0.3, -0.25) is 9.99 Å². The molecule has 0 spiro atoms. The van der Waals surface area contributed by atoms with E-state index in [1.165, 1.54) is 0 Å². The van der Waals surface area contributed by atoms with Crippen molar-refractivity contribution in [3.8, 4) is 0 Å². The fourth-order valence-corrected chi connectivity index (χ4v) is 2.63. The molecule has 2 aliphatic rings. The van der Waals surface area contributed by atoms with Gasteiger partial charge in [0.2, 0.25) is 0 Å². The molecule has 1 atom stereocenters. The molecule has 0 aliphatic carbocycles. The first-order chi connectivity index (χ1) is 10.5. The number of nitrogens with one attached hydrogen (secondary N) is 1. The van der Waals surface area contributed by atoms with Crippen LogP contribution in [0.2, 0.25) is 0 Å². The molecule has 1 aromatic rings. The largest absolute Gasteiger partial charge is 0.478 e. The molecule has 0 radical (unpaired) electrons. The number of aromatic nitrogens is 1. The Bertz CT molecular complexity index is 681. The summed E-state index contributed by atoms with van der Waals surface area (Å²) in [5, 5.41) is 11.3. The third-order valence-electron chi connectivity index (χ3n) is 3.98. The summed E-state index contributed by atoms with van der Waals surface area (Å²) in [6.07, 6.45) is 10.9. The summed E-state index contributed by atoms with van der Waals surface area (Å²) in [4.78, 5) is 17.8. The maximum atomic E-state index is 11.7. The van der Waals surface area contributed by atoms with Crippen LogP contribution in [0.4, 0.5) is 0 Å². The average Bonchev–Trinajstić information content (AvgIpc) is 2.88. The van der Waals surface area contributed by atoms with Crippen LogP contribution in [0.3, 0.4) is 0 Å². The number of allylic oxidation sites excluding steroid dienone is 1. The fraction of sp³-hybridized carbons (Fsp3) is 0.250. The summed E-state index contributed by atoms with van der Waals surface area (Å²) in [7, 11) is 1.99. The van der Waals surface area contributed by atoms with Crippen LogP contribution in [-0.4, -0.2) is 39.6 Å². The molecule has 0 saturated heterocycles. The predicted molar refractivity (Wildman–Crippen MR) is 82.1 cm³/mol. The fourth-order valence-electron chi connectivity index (χ4n) is 2.63. The second kappa shape index (κ2) is 5.31. The van der Waals surface area contributed by atoms with Crippen LogP contribution in [0.5, 0.6) is 0 Å². The number of carbonyl (C=O) groups is 1. The molecule has 0 saturated carbocycles. The minimum absolute atomic E-state index is 0.286. The molecule has 114 valence electrons. The minimum Gasteiger partial charge on any atom is -0.478 e. The van der Waals surface area contributed by atoms with Crippen molar-refractivity contribution in [3.05, 3.63) is 65.9 Å². The first-order valence-electron chi connectivity index (χ1n) is 7.02. The van der Waals surface area contributed by atoms with Gasteiger partial charge in [0.05, 0.1) is 16.8 Å². The summed E-state index contributed by atoms with van der Waals surface area (Å²) in [5.74, 6) is -0.945. The Kier molecular flexibility index (Phi) is 3.46. The number of hydrogen-bond acceptors (Lipinski definition) is 5. The highest BCUT2D eigenvalue weighted by Gasteiger charge is 2.42. The van der Waals surface area contributed by atoms with Crippen LogP contribution in [0.15, 0.2) is 60.3 Å². The highest BCUT2D eigenvalue weighted by atomic mass is 16.4. The molecule has 1 aromatic heterocycles. The summed E-state index contributed by atoms with van der Waals surface area (Å²) in [6, 6.07) is 3.68. The number of carboxylic acid groups (broad SMARTS) is 1. The number of aliphatic carboxylic acids is 1. The van der Waals surface area contributed by atoms with Gasteiger partial charge in [0.25, 0.3) is 0 Å². The summed E-state index contributed by atoms with van der Waals surface area (Å²) < 4.78 is 0. The van der Waals surface area contributed by atoms with Crippen molar-refractivity contribution in [2.24, 2.45) is 0 Å². The minimum atomic E-state index is -0.945. The highest BCUT2D eigenvalue weighted by Crippen LogP contribution is 2.35. The number of pyridine rings is 1. The molecule has 0 aromatic carbocycles. The Labute approximate surface area is 129 Å². The Balaban J connectivity index is 1.96. The Morgan fingerprint density at radius 1 is 1.50 bits per heavy atom. The quantitative estimate of drug-likeness (QED) is 0.880. The molecule has 22 heavy (non-hydrogen) atoms. The number of likely N-dealkylation sites (N-methyl/N-ethyl adjacent to an activating group) is 1. The lowest BCUT2D eigenvalue weighted by Crippen LogP contribution is -2.44. The molecule has 1 unspecified atom stereocenters. The zero-order valence-electron chi connectivity index (χ0n) is 12.5.